The quantitative estimate of drug-likeness (QED) is 0.456. The summed E-state index contributed by atoms with van der Waals surface area (Å²) >= 11 is 0. The highest BCUT2D eigenvalue weighted by atomic mass is 32.2. The van der Waals surface area contributed by atoms with Crippen molar-refractivity contribution in [3.8, 4) is 11.7 Å². The summed E-state index contributed by atoms with van der Waals surface area (Å²) in [5.74, 6) is 0.232. The Morgan fingerprint density at radius 1 is 1.12 bits per heavy atom. The van der Waals surface area contributed by atoms with Gasteiger partial charge in [-0.25, -0.2) is 19.4 Å². The van der Waals surface area contributed by atoms with Crippen molar-refractivity contribution in [2.45, 2.75) is 62.3 Å². The van der Waals surface area contributed by atoms with Crippen molar-refractivity contribution in [3.05, 3.63) is 48.2 Å². The molecule has 15 heteroatoms. The number of hydrogen-bond donors (Lipinski definition) is 2. The van der Waals surface area contributed by atoms with Crippen LogP contribution in [0.1, 0.15) is 49.9 Å². The standard InChI is InChI=1S/C26H28F3N7O4S/c1-24(2)14-16-15-35(24)22-17(23(37)34-41(38,39)21-5-3-4-18(30-16)31-21)6-7-19(32-22)36-12-8-20(33-36)40-13-11-25(9-10-25)26(27,28)29/h3-8,12,16H,9-11,13-15H2,1-2H3,(H,30,31)(H,34,37). The summed E-state index contributed by atoms with van der Waals surface area (Å²) in [6.45, 7) is 4.32. The molecule has 1 saturated heterocycles. The summed E-state index contributed by atoms with van der Waals surface area (Å²) in [5.41, 5.74) is -2.09. The van der Waals surface area contributed by atoms with E-state index in [0.29, 0.717) is 24.6 Å². The number of nitrogens with zero attached hydrogens (tertiary/aromatic N) is 5. The number of carbonyl (C=O) groups excluding carboxylic acids is 1. The fourth-order valence-electron chi connectivity index (χ4n) is 5.44. The molecule has 2 fully saturated rings. The highest BCUT2D eigenvalue weighted by Gasteiger charge is 2.62. The van der Waals surface area contributed by atoms with Gasteiger partial charge in [-0.1, -0.05) is 6.07 Å². The number of sulfonamides is 1. The number of pyridine rings is 2. The minimum absolute atomic E-state index is 0.0493. The first kappa shape index (κ1) is 27.3. The third-order valence-electron chi connectivity index (χ3n) is 7.90. The third kappa shape index (κ3) is 5.06. The molecule has 218 valence electrons. The zero-order chi connectivity index (χ0) is 29.2. The second-order valence-corrected chi connectivity index (χ2v) is 12.9. The molecule has 41 heavy (non-hydrogen) atoms. The van der Waals surface area contributed by atoms with Gasteiger partial charge in [0, 0.05) is 30.4 Å². The zero-order valence-electron chi connectivity index (χ0n) is 22.3. The van der Waals surface area contributed by atoms with Gasteiger partial charge in [-0.05, 0) is 63.8 Å². The van der Waals surface area contributed by atoms with E-state index in [1.165, 1.54) is 28.9 Å². The molecule has 11 nitrogen and oxygen atoms in total. The van der Waals surface area contributed by atoms with Gasteiger partial charge in [-0.3, -0.25) is 4.79 Å². The monoisotopic (exact) mass is 591 g/mol. The number of aromatic nitrogens is 4. The maximum Gasteiger partial charge on any atom is 0.394 e. The average molecular weight is 592 g/mol. The molecule has 1 atom stereocenters. The van der Waals surface area contributed by atoms with Crippen molar-refractivity contribution in [3.63, 3.8) is 0 Å². The van der Waals surface area contributed by atoms with Crippen molar-refractivity contribution in [2.75, 3.05) is 23.4 Å². The lowest BCUT2D eigenvalue weighted by Gasteiger charge is -2.33. The number of carbonyl (C=O) groups is 1. The highest BCUT2D eigenvalue weighted by molar-refractivity contribution is 7.90. The molecule has 3 aromatic heterocycles. The van der Waals surface area contributed by atoms with Crippen LogP contribution in [0.4, 0.5) is 24.8 Å². The summed E-state index contributed by atoms with van der Waals surface area (Å²) in [7, 11) is -4.27. The molecule has 4 bridgehead atoms. The smallest absolute Gasteiger partial charge is 0.394 e. The van der Waals surface area contributed by atoms with Gasteiger partial charge in [0.1, 0.15) is 11.6 Å². The van der Waals surface area contributed by atoms with E-state index in [-0.39, 0.29) is 54.2 Å². The molecule has 5 heterocycles. The number of amides is 1. The molecule has 1 unspecified atom stereocenters. The van der Waals surface area contributed by atoms with Gasteiger partial charge in [0.2, 0.25) is 5.88 Å². The van der Waals surface area contributed by atoms with E-state index in [4.69, 9.17) is 9.72 Å². The van der Waals surface area contributed by atoms with E-state index >= 15 is 0 Å². The topological polar surface area (TPSA) is 131 Å². The maximum atomic E-state index is 13.3. The van der Waals surface area contributed by atoms with E-state index in [9.17, 15) is 26.4 Å². The zero-order valence-corrected chi connectivity index (χ0v) is 23.1. The van der Waals surface area contributed by atoms with Gasteiger partial charge in [0.05, 0.1) is 17.6 Å². The van der Waals surface area contributed by atoms with E-state index in [1.54, 1.807) is 18.3 Å². The van der Waals surface area contributed by atoms with Crippen LogP contribution in [0.25, 0.3) is 5.82 Å². The Morgan fingerprint density at radius 3 is 2.63 bits per heavy atom. The summed E-state index contributed by atoms with van der Waals surface area (Å²) in [4.78, 5) is 24.2. The van der Waals surface area contributed by atoms with Crippen LogP contribution in [0.2, 0.25) is 0 Å². The second kappa shape index (κ2) is 9.33. The van der Waals surface area contributed by atoms with E-state index in [1.807, 2.05) is 18.7 Å². The van der Waals surface area contributed by atoms with Crippen LogP contribution in [0.3, 0.4) is 0 Å². The van der Waals surface area contributed by atoms with Crippen LogP contribution in [-0.4, -0.2) is 65.0 Å². The first-order valence-electron chi connectivity index (χ1n) is 13.1. The highest BCUT2D eigenvalue weighted by Crippen LogP contribution is 2.59. The number of nitrogens with one attached hydrogen (secondary N) is 2. The normalized spacial score (nSPS) is 22.0. The Labute approximate surface area is 234 Å². The molecule has 0 spiro atoms. The molecular formula is C26H28F3N7O4S. The van der Waals surface area contributed by atoms with E-state index in [2.05, 4.69) is 20.1 Å². The predicted molar refractivity (Wildman–Crippen MR) is 142 cm³/mol. The van der Waals surface area contributed by atoms with E-state index < -0.39 is 33.1 Å². The molecule has 3 aliphatic rings. The number of hydrogen-bond acceptors (Lipinski definition) is 9. The lowest BCUT2D eigenvalue weighted by molar-refractivity contribution is -0.190. The van der Waals surface area contributed by atoms with Crippen LogP contribution in [0.5, 0.6) is 5.88 Å². The first-order valence-corrected chi connectivity index (χ1v) is 14.6. The molecule has 3 aromatic rings. The molecule has 1 aliphatic carbocycles. The van der Waals surface area contributed by atoms with Crippen molar-refractivity contribution in [2.24, 2.45) is 5.41 Å². The fraction of sp³-hybridized carbons (Fsp3) is 0.462. The average Bonchev–Trinajstić information content (AvgIpc) is 3.45. The number of anilines is 2. The van der Waals surface area contributed by atoms with Crippen molar-refractivity contribution in [1.29, 1.82) is 0 Å². The molecule has 1 saturated carbocycles. The van der Waals surface area contributed by atoms with Crippen molar-refractivity contribution >= 4 is 27.6 Å². The first-order chi connectivity index (χ1) is 19.3. The van der Waals surface area contributed by atoms with Gasteiger partial charge >= 0.3 is 6.18 Å². The third-order valence-corrected chi connectivity index (χ3v) is 9.14. The van der Waals surface area contributed by atoms with Crippen LogP contribution in [-0.2, 0) is 10.0 Å². The fourth-order valence-corrected chi connectivity index (χ4v) is 6.37. The van der Waals surface area contributed by atoms with Crippen LogP contribution in [0.15, 0.2) is 47.6 Å². The number of halogens is 3. The molecule has 2 N–H and O–H groups in total. The molecule has 0 aromatic carbocycles. The summed E-state index contributed by atoms with van der Waals surface area (Å²) < 4.78 is 74.6. The van der Waals surface area contributed by atoms with E-state index in [0.717, 1.165) is 0 Å². The molecule has 0 radical (unpaired) electrons. The molecule has 6 rings (SSSR count). The van der Waals surface area contributed by atoms with Gasteiger partial charge < -0.3 is 15.0 Å². The predicted octanol–water partition coefficient (Wildman–Crippen LogP) is 3.68. The Bertz CT molecular complexity index is 1620. The molecule has 1 amide bonds. The minimum atomic E-state index is -4.27. The molecular weight excluding hydrogens is 563 g/mol. The number of rotatable bonds is 5. The van der Waals surface area contributed by atoms with Gasteiger partial charge in [-0.15, -0.1) is 5.10 Å². The van der Waals surface area contributed by atoms with Crippen molar-refractivity contribution < 1.29 is 31.1 Å². The number of ether oxygens (including phenoxy) is 1. The Balaban J connectivity index is 1.31. The largest absolute Gasteiger partial charge is 0.477 e. The SMILES string of the molecule is CC1(C)CC2CN1c1nc(-n3ccc(OCCC4(C(F)(F)F)CC4)n3)ccc1C(=O)NS(=O)(=O)c1cccc(n1)N2. The van der Waals surface area contributed by atoms with Crippen molar-refractivity contribution in [1.82, 2.24) is 24.5 Å². The number of alkyl halides is 3. The molecule has 2 aliphatic heterocycles. The summed E-state index contributed by atoms with van der Waals surface area (Å²) in [5, 5.41) is 7.31. The number of fused-ring (bicyclic) bond motifs is 6. The lowest BCUT2D eigenvalue weighted by Crippen LogP contribution is -2.41. The van der Waals surface area contributed by atoms with Crippen LogP contribution < -0.4 is 19.7 Å². The van der Waals surface area contributed by atoms with Gasteiger partial charge in [0.15, 0.2) is 10.8 Å². The van der Waals surface area contributed by atoms with Gasteiger partial charge in [-0.2, -0.15) is 21.6 Å². The summed E-state index contributed by atoms with van der Waals surface area (Å²) in [6, 6.07) is 8.91. The minimum Gasteiger partial charge on any atom is -0.477 e. The Morgan fingerprint density at radius 2 is 1.90 bits per heavy atom. The second-order valence-electron chi connectivity index (χ2n) is 11.3. The lowest BCUT2D eigenvalue weighted by atomic mass is 9.99. The Kier molecular flexibility index (Phi) is 6.21. The Hall–Kier alpha value is -3.88. The van der Waals surface area contributed by atoms with Crippen LogP contribution in [0, 0.1) is 5.41 Å². The van der Waals surface area contributed by atoms with Crippen LogP contribution >= 0.6 is 0 Å². The van der Waals surface area contributed by atoms with Gasteiger partial charge in [0.25, 0.3) is 15.9 Å². The summed E-state index contributed by atoms with van der Waals surface area (Å²) in [6.07, 6.45) is -1.98. The maximum absolute atomic E-state index is 13.3.